The molecule has 0 saturated carbocycles. The standard InChI is InChI=1S/C13H18N2O4S/c1-2-18-12-7-9(13(14)15)3-4-11(12)19-10-5-6-20(16,17)8-10/h3-4,7,10H,2,5-6,8H2,1H3,(H3,14,15). The molecule has 0 radical (unpaired) electrons. The molecule has 2 rings (SSSR count). The third-order valence-corrected chi connectivity index (χ3v) is 4.78. The van der Waals surface area contributed by atoms with Crippen LogP contribution < -0.4 is 15.2 Å². The molecule has 1 aliphatic rings. The molecule has 3 N–H and O–H groups in total. The summed E-state index contributed by atoms with van der Waals surface area (Å²) in [5, 5.41) is 7.41. The van der Waals surface area contributed by atoms with Gasteiger partial charge in [-0.25, -0.2) is 8.42 Å². The van der Waals surface area contributed by atoms with Gasteiger partial charge in [-0.05, 0) is 31.5 Å². The molecule has 1 unspecified atom stereocenters. The normalized spacial score (nSPS) is 20.6. The maximum atomic E-state index is 11.4. The lowest BCUT2D eigenvalue weighted by atomic mass is 10.2. The minimum absolute atomic E-state index is 0.0347. The molecule has 1 aromatic carbocycles. The number of rotatable bonds is 5. The smallest absolute Gasteiger partial charge is 0.161 e. The SMILES string of the molecule is CCOc1cc(C(=N)N)ccc1OC1CCS(=O)(=O)C1. The summed E-state index contributed by atoms with van der Waals surface area (Å²) in [6, 6.07) is 4.95. The molecule has 0 bridgehead atoms. The monoisotopic (exact) mass is 298 g/mol. The Kier molecular flexibility index (Phi) is 4.17. The number of nitrogens with one attached hydrogen (secondary N) is 1. The first-order chi connectivity index (χ1) is 9.41. The number of benzene rings is 1. The summed E-state index contributed by atoms with van der Waals surface area (Å²) >= 11 is 0. The summed E-state index contributed by atoms with van der Waals surface area (Å²) in [6.45, 7) is 2.28. The molecule has 7 heteroatoms. The molecule has 0 aromatic heterocycles. The van der Waals surface area contributed by atoms with Gasteiger partial charge in [-0.2, -0.15) is 0 Å². The lowest BCUT2D eigenvalue weighted by Gasteiger charge is -2.16. The van der Waals surface area contributed by atoms with Gasteiger partial charge >= 0.3 is 0 Å². The van der Waals surface area contributed by atoms with Crippen LogP contribution in [0.1, 0.15) is 18.9 Å². The molecular weight excluding hydrogens is 280 g/mol. The van der Waals surface area contributed by atoms with E-state index in [1.165, 1.54) is 0 Å². The van der Waals surface area contributed by atoms with E-state index in [1.54, 1.807) is 18.2 Å². The van der Waals surface area contributed by atoms with E-state index in [0.29, 0.717) is 30.1 Å². The molecule has 20 heavy (non-hydrogen) atoms. The number of sulfone groups is 1. The topological polar surface area (TPSA) is 102 Å². The van der Waals surface area contributed by atoms with Crippen molar-refractivity contribution in [1.82, 2.24) is 0 Å². The van der Waals surface area contributed by atoms with Gasteiger partial charge in [0.1, 0.15) is 11.9 Å². The first-order valence-corrected chi connectivity index (χ1v) is 8.21. The van der Waals surface area contributed by atoms with Crippen LogP contribution in [0.3, 0.4) is 0 Å². The van der Waals surface area contributed by atoms with E-state index in [2.05, 4.69) is 0 Å². The Morgan fingerprint density at radius 3 is 2.75 bits per heavy atom. The van der Waals surface area contributed by atoms with E-state index >= 15 is 0 Å². The van der Waals surface area contributed by atoms with Gasteiger partial charge in [0.05, 0.1) is 18.1 Å². The minimum atomic E-state index is -2.98. The molecule has 1 atom stereocenters. The molecule has 1 saturated heterocycles. The predicted octanol–water partition coefficient (Wildman–Crippen LogP) is 0.935. The summed E-state index contributed by atoms with van der Waals surface area (Å²) in [7, 11) is -2.98. The summed E-state index contributed by atoms with van der Waals surface area (Å²) in [6.07, 6.45) is 0.143. The fraction of sp³-hybridized carbons (Fsp3) is 0.462. The number of hydrogen-bond acceptors (Lipinski definition) is 5. The zero-order valence-electron chi connectivity index (χ0n) is 11.3. The van der Waals surface area contributed by atoms with Crippen molar-refractivity contribution in [2.24, 2.45) is 5.73 Å². The molecule has 6 nitrogen and oxygen atoms in total. The lowest BCUT2D eigenvalue weighted by molar-refractivity contribution is 0.213. The molecule has 1 heterocycles. The number of nitrogens with two attached hydrogens (primary N) is 1. The highest BCUT2D eigenvalue weighted by molar-refractivity contribution is 7.91. The van der Waals surface area contributed by atoms with Crippen molar-refractivity contribution in [1.29, 1.82) is 5.41 Å². The first-order valence-electron chi connectivity index (χ1n) is 6.39. The van der Waals surface area contributed by atoms with Crippen LogP contribution in [0.5, 0.6) is 11.5 Å². The fourth-order valence-electron chi connectivity index (χ4n) is 2.07. The van der Waals surface area contributed by atoms with Crippen LogP contribution in [0, 0.1) is 5.41 Å². The number of hydrogen-bond donors (Lipinski definition) is 2. The van der Waals surface area contributed by atoms with E-state index in [4.69, 9.17) is 20.6 Å². The Labute approximate surface area is 118 Å². The summed E-state index contributed by atoms with van der Waals surface area (Å²) in [5.74, 6) is 1.10. The van der Waals surface area contributed by atoms with Crippen molar-refractivity contribution >= 4 is 15.7 Å². The summed E-state index contributed by atoms with van der Waals surface area (Å²) < 4.78 is 34.0. The van der Waals surface area contributed by atoms with E-state index in [1.807, 2.05) is 6.92 Å². The minimum Gasteiger partial charge on any atom is -0.490 e. The van der Waals surface area contributed by atoms with E-state index in [0.717, 1.165) is 0 Å². The quantitative estimate of drug-likeness (QED) is 0.622. The van der Waals surface area contributed by atoms with Gasteiger partial charge in [0.2, 0.25) is 0 Å². The Bertz CT molecular complexity index is 613. The maximum absolute atomic E-state index is 11.4. The van der Waals surface area contributed by atoms with Gasteiger partial charge < -0.3 is 15.2 Å². The molecule has 0 aliphatic carbocycles. The second kappa shape index (κ2) is 5.70. The summed E-state index contributed by atoms with van der Waals surface area (Å²) in [4.78, 5) is 0. The van der Waals surface area contributed by atoms with Crippen LogP contribution in [-0.4, -0.2) is 38.5 Å². The van der Waals surface area contributed by atoms with E-state index in [9.17, 15) is 8.42 Å². The molecule has 1 fully saturated rings. The van der Waals surface area contributed by atoms with Crippen molar-refractivity contribution in [3.8, 4) is 11.5 Å². The van der Waals surface area contributed by atoms with Crippen molar-refractivity contribution in [3.63, 3.8) is 0 Å². The largest absolute Gasteiger partial charge is 0.490 e. The molecule has 110 valence electrons. The predicted molar refractivity (Wildman–Crippen MR) is 76.3 cm³/mol. The highest BCUT2D eigenvalue weighted by atomic mass is 32.2. The van der Waals surface area contributed by atoms with Crippen LogP contribution in [0.4, 0.5) is 0 Å². The average Bonchev–Trinajstić information content (AvgIpc) is 2.71. The van der Waals surface area contributed by atoms with Crippen LogP contribution in [0.15, 0.2) is 18.2 Å². The van der Waals surface area contributed by atoms with Crippen molar-refractivity contribution in [2.75, 3.05) is 18.1 Å². The van der Waals surface area contributed by atoms with Crippen LogP contribution in [-0.2, 0) is 9.84 Å². The Morgan fingerprint density at radius 2 is 2.20 bits per heavy atom. The number of nitrogen functional groups attached to an aromatic ring is 1. The van der Waals surface area contributed by atoms with Crippen LogP contribution in [0.25, 0.3) is 0 Å². The van der Waals surface area contributed by atoms with Gasteiger partial charge in [-0.15, -0.1) is 0 Å². The van der Waals surface area contributed by atoms with Gasteiger partial charge in [-0.3, -0.25) is 5.41 Å². The highest BCUT2D eigenvalue weighted by Crippen LogP contribution is 2.31. The van der Waals surface area contributed by atoms with Crippen molar-refractivity contribution < 1.29 is 17.9 Å². The third-order valence-electron chi connectivity index (χ3n) is 3.04. The van der Waals surface area contributed by atoms with Crippen LogP contribution >= 0.6 is 0 Å². The maximum Gasteiger partial charge on any atom is 0.161 e. The molecule has 1 aromatic rings. The Morgan fingerprint density at radius 1 is 1.45 bits per heavy atom. The Balaban J connectivity index is 2.20. The molecule has 1 aliphatic heterocycles. The molecule has 0 spiro atoms. The number of amidine groups is 1. The summed E-state index contributed by atoms with van der Waals surface area (Å²) in [5.41, 5.74) is 5.98. The zero-order valence-corrected chi connectivity index (χ0v) is 12.1. The van der Waals surface area contributed by atoms with E-state index in [-0.39, 0.29) is 23.4 Å². The van der Waals surface area contributed by atoms with Crippen molar-refractivity contribution in [3.05, 3.63) is 23.8 Å². The fourth-order valence-corrected chi connectivity index (χ4v) is 3.66. The van der Waals surface area contributed by atoms with E-state index < -0.39 is 9.84 Å². The lowest BCUT2D eigenvalue weighted by Crippen LogP contribution is -2.18. The van der Waals surface area contributed by atoms with Crippen molar-refractivity contribution in [2.45, 2.75) is 19.4 Å². The molecule has 0 amide bonds. The second-order valence-electron chi connectivity index (χ2n) is 4.65. The average molecular weight is 298 g/mol. The van der Waals surface area contributed by atoms with Gasteiger partial charge in [0, 0.05) is 5.56 Å². The van der Waals surface area contributed by atoms with Gasteiger partial charge in [0.25, 0.3) is 0 Å². The Hall–Kier alpha value is -1.76. The molecular formula is C13H18N2O4S. The number of ether oxygens (including phenoxy) is 2. The van der Waals surface area contributed by atoms with Gasteiger partial charge in [0.15, 0.2) is 21.3 Å². The van der Waals surface area contributed by atoms with Crippen LogP contribution in [0.2, 0.25) is 0 Å². The highest BCUT2D eigenvalue weighted by Gasteiger charge is 2.30. The third kappa shape index (κ3) is 3.41. The first kappa shape index (κ1) is 14.6. The second-order valence-corrected chi connectivity index (χ2v) is 6.88. The zero-order chi connectivity index (χ0) is 14.8. The van der Waals surface area contributed by atoms with Gasteiger partial charge in [-0.1, -0.05) is 0 Å².